The number of piperazine rings is 1. The van der Waals surface area contributed by atoms with Crippen molar-refractivity contribution in [3.8, 4) is 0 Å². The van der Waals surface area contributed by atoms with Crippen molar-refractivity contribution in [2.75, 3.05) is 0 Å². The van der Waals surface area contributed by atoms with Crippen molar-refractivity contribution < 1.29 is 0 Å². The Hall–Kier alpha value is -0.810. The van der Waals surface area contributed by atoms with Gasteiger partial charge in [-0.1, -0.05) is 44.2 Å². The van der Waals surface area contributed by atoms with E-state index < -0.39 is 0 Å². The van der Waals surface area contributed by atoms with Gasteiger partial charge in [0.05, 0.1) is 18.1 Å². The fourth-order valence-corrected chi connectivity index (χ4v) is 6.38. The van der Waals surface area contributed by atoms with E-state index in [2.05, 4.69) is 83.1 Å². The Kier molecular flexibility index (Phi) is 3.60. The fourth-order valence-electron chi connectivity index (χ4n) is 5.41. The van der Waals surface area contributed by atoms with E-state index in [9.17, 15) is 0 Å². The maximum Gasteiger partial charge on any atom is 0.0742 e. The molecule has 5 aliphatic rings. The van der Waals surface area contributed by atoms with Crippen LogP contribution in [0, 0.1) is 11.8 Å². The monoisotopic (exact) mass is 432 g/mol. The molecule has 0 saturated carbocycles. The summed E-state index contributed by atoms with van der Waals surface area (Å²) in [5, 5.41) is 3.99. The van der Waals surface area contributed by atoms with Gasteiger partial charge in [0, 0.05) is 17.7 Å². The summed E-state index contributed by atoms with van der Waals surface area (Å²) in [6, 6.07) is 2.04. The zero-order valence-electron chi connectivity index (χ0n) is 14.4. The third-order valence-corrected chi connectivity index (χ3v) is 7.24. The largest absolute Gasteiger partial charge is 0.357 e. The molecule has 0 radical (unpaired) electrons. The van der Waals surface area contributed by atoms with Gasteiger partial charge in [-0.25, -0.2) is 0 Å². The van der Waals surface area contributed by atoms with Crippen molar-refractivity contribution in [1.29, 1.82) is 0 Å². The predicted octanol–water partition coefficient (Wildman–Crippen LogP) is 4.47. The van der Waals surface area contributed by atoms with Crippen LogP contribution < -0.4 is 5.32 Å². The first-order chi connectivity index (χ1) is 11.7. The van der Waals surface area contributed by atoms with Crippen LogP contribution in [0.25, 0.3) is 0 Å². The molecule has 3 aliphatic carbocycles. The van der Waals surface area contributed by atoms with Crippen LogP contribution in [0.4, 0.5) is 0 Å². The molecule has 1 fully saturated rings. The maximum absolute atomic E-state index is 3.99. The van der Waals surface area contributed by atoms with Crippen LogP contribution in [0.15, 0.2) is 56.9 Å². The second-order valence-corrected chi connectivity index (χ2v) is 9.32. The molecule has 0 spiro atoms. The minimum Gasteiger partial charge on any atom is -0.357 e. The summed E-state index contributed by atoms with van der Waals surface area (Å²) >= 11 is 2.53. The van der Waals surface area contributed by atoms with E-state index in [4.69, 9.17) is 0 Å². The molecular formula is C21H25IN2. The third kappa shape index (κ3) is 2.10. The van der Waals surface area contributed by atoms with Crippen molar-refractivity contribution >= 4 is 22.6 Å². The van der Waals surface area contributed by atoms with Crippen LogP contribution in [0.5, 0.6) is 0 Å². The Morgan fingerprint density at radius 2 is 2.17 bits per heavy atom. The highest BCUT2D eigenvalue weighted by Crippen LogP contribution is 2.50. The van der Waals surface area contributed by atoms with Gasteiger partial charge in [-0.2, -0.15) is 0 Å². The topological polar surface area (TPSA) is 15.3 Å². The number of nitrogens with zero attached hydrogens (tertiary/aromatic N) is 1. The third-order valence-electron chi connectivity index (χ3n) is 6.49. The quantitative estimate of drug-likeness (QED) is 0.486. The summed E-state index contributed by atoms with van der Waals surface area (Å²) in [6.45, 7) is 4.73. The number of nitrogens with one attached hydrogen (secondary N) is 1. The molecule has 6 atom stereocenters. The Bertz CT molecular complexity index is 726. The van der Waals surface area contributed by atoms with Gasteiger partial charge in [-0.05, 0) is 68.6 Å². The first-order valence-corrected chi connectivity index (χ1v) is 10.5. The summed E-state index contributed by atoms with van der Waals surface area (Å²) in [7, 11) is 0. The zero-order valence-corrected chi connectivity index (χ0v) is 16.5. The molecule has 0 amide bonds. The highest BCUT2D eigenvalue weighted by atomic mass is 127. The van der Waals surface area contributed by atoms with Crippen LogP contribution in [0.1, 0.15) is 33.1 Å². The highest BCUT2D eigenvalue weighted by Gasteiger charge is 2.51. The first kappa shape index (κ1) is 15.4. The average molecular weight is 432 g/mol. The standard InChI is InChI=1S/C21H25IN2/c1-3-13-7-8-19-18(10-13)23-17-6-4-5-15-16-11-14(22)9-12(2)20(16)24(19)21(15)17/h4-8,11-13,17-19,21,23H,3,9-10H2,1-2H3. The summed E-state index contributed by atoms with van der Waals surface area (Å²) in [4.78, 5) is 2.79. The van der Waals surface area contributed by atoms with E-state index in [-0.39, 0.29) is 0 Å². The molecule has 1 saturated heterocycles. The number of hydrogen-bond donors (Lipinski definition) is 1. The van der Waals surface area contributed by atoms with Crippen LogP contribution in [-0.2, 0) is 0 Å². The van der Waals surface area contributed by atoms with E-state index in [0.29, 0.717) is 30.1 Å². The Labute approximate surface area is 158 Å². The zero-order chi connectivity index (χ0) is 16.4. The molecule has 126 valence electrons. The van der Waals surface area contributed by atoms with Gasteiger partial charge >= 0.3 is 0 Å². The smallest absolute Gasteiger partial charge is 0.0742 e. The van der Waals surface area contributed by atoms with Crippen molar-refractivity contribution in [2.24, 2.45) is 11.8 Å². The normalized spacial score (nSPS) is 42.4. The summed E-state index contributed by atoms with van der Waals surface area (Å²) < 4.78 is 1.50. The lowest BCUT2D eigenvalue weighted by molar-refractivity contribution is 0.105. The molecule has 0 aromatic carbocycles. The molecule has 3 heteroatoms. The van der Waals surface area contributed by atoms with Gasteiger partial charge in [0.15, 0.2) is 0 Å². The average Bonchev–Trinajstić information content (AvgIpc) is 2.91. The van der Waals surface area contributed by atoms with Crippen LogP contribution in [0.2, 0.25) is 0 Å². The second kappa shape index (κ2) is 5.60. The van der Waals surface area contributed by atoms with Crippen LogP contribution in [0.3, 0.4) is 0 Å². The van der Waals surface area contributed by atoms with Crippen molar-refractivity contribution in [2.45, 2.75) is 57.3 Å². The molecule has 2 aliphatic heterocycles. The van der Waals surface area contributed by atoms with Crippen molar-refractivity contribution in [3.05, 3.63) is 56.9 Å². The van der Waals surface area contributed by atoms with Crippen LogP contribution in [-0.4, -0.2) is 29.1 Å². The van der Waals surface area contributed by atoms with Crippen molar-refractivity contribution in [1.82, 2.24) is 10.2 Å². The Morgan fingerprint density at radius 1 is 1.29 bits per heavy atom. The van der Waals surface area contributed by atoms with Gasteiger partial charge in [0.1, 0.15) is 0 Å². The highest BCUT2D eigenvalue weighted by molar-refractivity contribution is 14.1. The van der Waals surface area contributed by atoms with Gasteiger partial charge in [-0.3, -0.25) is 0 Å². The number of hydrogen-bond acceptors (Lipinski definition) is 2. The summed E-state index contributed by atoms with van der Waals surface area (Å²) in [5.74, 6) is 1.36. The van der Waals surface area contributed by atoms with E-state index in [1.807, 2.05) is 0 Å². The minimum atomic E-state index is 0.458. The first-order valence-electron chi connectivity index (χ1n) is 9.39. The number of fused-ring (bicyclic) bond motifs is 4. The van der Waals surface area contributed by atoms with Gasteiger partial charge in [0.25, 0.3) is 0 Å². The molecule has 24 heavy (non-hydrogen) atoms. The predicted molar refractivity (Wildman–Crippen MR) is 108 cm³/mol. The SMILES string of the molecule is CCC1C=CC2C(C1)NC1C=CC=C3C4=C(C(C)CC(I)=C4)N2C31. The van der Waals surface area contributed by atoms with Crippen molar-refractivity contribution in [3.63, 3.8) is 0 Å². The van der Waals surface area contributed by atoms with Crippen LogP contribution >= 0.6 is 22.6 Å². The van der Waals surface area contributed by atoms with E-state index in [1.165, 1.54) is 34.0 Å². The van der Waals surface area contributed by atoms with Gasteiger partial charge in [0.2, 0.25) is 0 Å². The molecular weight excluding hydrogens is 407 g/mol. The molecule has 2 nitrogen and oxygen atoms in total. The lowest BCUT2D eigenvalue weighted by atomic mass is 9.80. The van der Waals surface area contributed by atoms with E-state index >= 15 is 0 Å². The molecule has 0 aromatic heterocycles. The number of halogens is 1. The summed E-state index contributed by atoms with van der Waals surface area (Å²) in [5.41, 5.74) is 4.66. The Balaban J connectivity index is 1.64. The molecule has 0 bridgehead atoms. The number of allylic oxidation sites excluding steroid dienone is 6. The Morgan fingerprint density at radius 3 is 3.00 bits per heavy atom. The maximum atomic E-state index is 3.99. The lowest BCUT2D eigenvalue weighted by Crippen LogP contribution is -2.66. The van der Waals surface area contributed by atoms with Gasteiger partial charge in [-0.15, -0.1) is 0 Å². The molecule has 0 aromatic rings. The molecule has 6 unspecified atom stereocenters. The molecule has 5 rings (SSSR count). The summed E-state index contributed by atoms with van der Waals surface area (Å²) in [6.07, 6.45) is 18.2. The van der Waals surface area contributed by atoms with Gasteiger partial charge < -0.3 is 10.2 Å². The number of rotatable bonds is 1. The lowest BCUT2D eigenvalue weighted by Gasteiger charge is -2.52. The minimum absolute atomic E-state index is 0.458. The molecule has 1 N–H and O–H groups in total. The fraction of sp³-hybridized carbons (Fsp3) is 0.524. The second-order valence-electron chi connectivity index (χ2n) is 7.93. The van der Waals surface area contributed by atoms with E-state index in [0.717, 1.165) is 5.92 Å². The molecule has 2 heterocycles. The van der Waals surface area contributed by atoms with E-state index in [1.54, 1.807) is 5.70 Å².